The van der Waals surface area contributed by atoms with E-state index in [1.807, 2.05) is 0 Å². The van der Waals surface area contributed by atoms with Crippen LogP contribution in [-0.2, 0) is 36.5 Å². The summed E-state index contributed by atoms with van der Waals surface area (Å²) >= 11 is 0. The van der Waals surface area contributed by atoms with Crippen molar-refractivity contribution in [1.82, 2.24) is 14.8 Å². The molecule has 2 spiro atoms. The predicted molar refractivity (Wildman–Crippen MR) is 177 cm³/mol. The standard InChI is InChI=1S/C40H43N3O6/c44-25-7-5-21-13-27-39(46)15-23-24-16-40(47)28-14-22-6-8-26(45)34-30(22)38(40,10-12-43(28)18-20-3-4-20)36(49-34)32(24)41-31(23)35-37(39,29(21)33(25)48-35)9-11-42(27)17-19-1-2-19/h5-8,19-20,27-28,35-36,41,44-47H,1-4,9-18H2/t27-,28-,35+,36?,37?,38+,39-,40-/m1/s1. The Morgan fingerprint density at radius 2 is 1.12 bits per heavy atom. The third-order valence-electron chi connectivity index (χ3n) is 15.7. The van der Waals surface area contributed by atoms with E-state index in [4.69, 9.17) is 9.47 Å². The molecule has 0 amide bonds. The Bertz CT molecular complexity index is 1910. The molecule has 4 bridgehead atoms. The quantitative estimate of drug-likeness (QED) is 0.286. The summed E-state index contributed by atoms with van der Waals surface area (Å²) in [6.07, 6.45) is 8.06. The lowest BCUT2D eigenvalue weighted by Crippen LogP contribution is -2.75. The summed E-state index contributed by atoms with van der Waals surface area (Å²) in [4.78, 5) is 9.05. The Morgan fingerprint density at radius 1 is 0.673 bits per heavy atom. The second kappa shape index (κ2) is 8.28. The van der Waals surface area contributed by atoms with E-state index in [1.165, 1.54) is 36.8 Å². The van der Waals surface area contributed by atoms with Crippen molar-refractivity contribution < 1.29 is 29.9 Å². The molecule has 2 aromatic carbocycles. The van der Waals surface area contributed by atoms with Crippen molar-refractivity contribution in [3.8, 4) is 23.0 Å². The molecule has 2 saturated carbocycles. The number of nitrogens with one attached hydrogen (secondary N) is 1. The number of phenolic OH excluding ortho intramolecular Hbond substituents is 2. The third-order valence-corrected chi connectivity index (χ3v) is 15.7. The first-order chi connectivity index (χ1) is 23.7. The summed E-state index contributed by atoms with van der Waals surface area (Å²) in [5, 5.41) is 49.4. The molecule has 49 heavy (non-hydrogen) atoms. The van der Waals surface area contributed by atoms with Gasteiger partial charge in [0, 0.05) is 49.1 Å². The van der Waals surface area contributed by atoms with Gasteiger partial charge in [-0.2, -0.15) is 0 Å². The van der Waals surface area contributed by atoms with Gasteiger partial charge in [-0.3, -0.25) is 9.80 Å². The predicted octanol–water partition coefficient (Wildman–Crippen LogP) is 3.82. The van der Waals surface area contributed by atoms with Crippen LogP contribution < -0.4 is 9.47 Å². The lowest BCUT2D eigenvalue weighted by Gasteiger charge is -2.63. The van der Waals surface area contributed by atoms with Gasteiger partial charge in [-0.05, 0) is 111 Å². The summed E-state index contributed by atoms with van der Waals surface area (Å²) in [5.74, 6) is 2.77. The number of likely N-dealkylation sites (tertiary alicyclic amines) is 2. The second-order valence-electron chi connectivity index (χ2n) is 17.8. The number of ether oxygens (including phenoxy) is 2. The fourth-order valence-electron chi connectivity index (χ4n) is 13.4. The summed E-state index contributed by atoms with van der Waals surface area (Å²) < 4.78 is 13.9. The van der Waals surface area contributed by atoms with Crippen molar-refractivity contribution in [3.63, 3.8) is 0 Å². The zero-order valence-electron chi connectivity index (χ0n) is 27.7. The van der Waals surface area contributed by atoms with Gasteiger partial charge in [0.25, 0.3) is 0 Å². The highest BCUT2D eigenvalue weighted by Crippen LogP contribution is 2.72. The molecule has 8 atom stereocenters. The minimum Gasteiger partial charge on any atom is -0.504 e. The summed E-state index contributed by atoms with van der Waals surface area (Å²) in [7, 11) is 0. The lowest BCUT2D eigenvalue weighted by molar-refractivity contribution is -0.176. The van der Waals surface area contributed by atoms with Crippen LogP contribution in [0.2, 0.25) is 0 Å². The number of rotatable bonds is 4. The van der Waals surface area contributed by atoms with Gasteiger partial charge in [-0.1, -0.05) is 12.1 Å². The Kier molecular flexibility index (Phi) is 4.64. The SMILES string of the molecule is Oc1ccc2c3c1O[C@H]1c4[nH]c5c(c4C[C@@]4(O)[C@@H](C2)N(CC2CC2)CCC314)C[C@@]1(O)[C@H]2Cc3ccc(O)c4c3[C@@]1(CCN2CC1CC1)C5O4. The number of phenols is 2. The molecule has 3 aromatic rings. The number of H-pyrrole nitrogens is 1. The average Bonchev–Trinajstić information content (AvgIpc) is 3.98. The topological polar surface area (TPSA) is 122 Å². The molecule has 5 heterocycles. The zero-order chi connectivity index (χ0) is 32.4. The molecule has 6 aliphatic carbocycles. The molecule has 4 fully saturated rings. The van der Waals surface area contributed by atoms with Crippen LogP contribution in [0.4, 0.5) is 0 Å². The number of aromatic amines is 1. The first-order valence-corrected chi connectivity index (χ1v) is 19.0. The number of benzene rings is 2. The number of piperidine rings is 2. The van der Waals surface area contributed by atoms with E-state index in [0.717, 1.165) is 85.5 Å². The molecule has 10 aliphatic rings. The van der Waals surface area contributed by atoms with E-state index >= 15 is 0 Å². The van der Waals surface area contributed by atoms with Gasteiger partial charge in [-0.25, -0.2) is 0 Å². The summed E-state index contributed by atoms with van der Waals surface area (Å²) in [6, 6.07) is 7.56. The Labute approximate surface area is 284 Å². The first-order valence-electron chi connectivity index (χ1n) is 19.0. The molecule has 254 valence electrons. The maximum absolute atomic E-state index is 13.5. The second-order valence-corrected chi connectivity index (χ2v) is 17.8. The largest absolute Gasteiger partial charge is 0.504 e. The van der Waals surface area contributed by atoms with Crippen molar-refractivity contribution in [3.05, 3.63) is 69.0 Å². The van der Waals surface area contributed by atoms with Crippen LogP contribution in [-0.4, -0.2) is 84.7 Å². The Morgan fingerprint density at radius 3 is 1.55 bits per heavy atom. The Hall–Kier alpha value is -3.24. The van der Waals surface area contributed by atoms with Crippen LogP contribution in [0.5, 0.6) is 23.0 Å². The third kappa shape index (κ3) is 2.87. The van der Waals surface area contributed by atoms with Crippen molar-refractivity contribution in [2.24, 2.45) is 11.8 Å². The molecular weight excluding hydrogens is 618 g/mol. The van der Waals surface area contributed by atoms with E-state index in [9.17, 15) is 20.4 Å². The fourth-order valence-corrected chi connectivity index (χ4v) is 13.4. The molecule has 5 N–H and O–H groups in total. The van der Waals surface area contributed by atoms with Crippen LogP contribution in [0.15, 0.2) is 24.3 Å². The lowest BCUT2D eigenvalue weighted by atomic mass is 9.47. The summed E-state index contributed by atoms with van der Waals surface area (Å²) in [5.41, 5.74) is 4.93. The Balaban J connectivity index is 1.03. The average molecular weight is 662 g/mol. The number of aromatic hydroxyl groups is 2. The molecule has 13 rings (SSSR count). The van der Waals surface area contributed by atoms with Gasteiger partial charge in [0.2, 0.25) is 0 Å². The van der Waals surface area contributed by atoms with Crippen molar-refractivity contribution in [1.29, 1.82) is 0 Å². The van der Waals surface area contributed by atoms with E-state index in [2.05, 4.69) is 26.9 Å². The normalized spacial score (nSPS) is 41.3. The molecule has 0 radical (unpaired) electrons. The maximum Gasteiger partial charge on any atom is 0.166 e. The van der Waals surface area contributed by atoms with Crippen molar-refractivity contribution >= 4 is 0 Å². The van der Waals surface area contributed by atoms with Crippen LogP contribution in [0.1, 0.15) is 95.5 Å². The maximum atomic E-state index is 13.5. The van der Waals surface area contributed by atoms with Crippen molar-refractivity contribution in [2.75, 3.05) is 26.2 Å². The van der Waals surface area contributed by atoms with Crippen LogP contribution >= 0.6 is 0 Å². The van der Waals surface area contributed by atoms with E-state index in [1.54, 1.807) is 12.1 Å². The molecular formula is C40H43N3O6. The molecule has 4 aliphatic heterocycles. The highest BCUT2D eigenvalue weighted by molar-refractivity contribution is 5.68. The number of hydrogen-bond acceptors (Lipinski definition) is 8. The highest BCUT2D eigenvalue weighted by Gasteiger charge is 2.76. The number of nitrogens with zero attached hydrogens (tertiary/aromatic N) is 2. The molecule has 2 unspecified atom stereocenters. The van der Waals surface area contributed by atoms with Crippen LogP contribution in [0.25, 0.3) is 0 Å². The van der Waals surface area contributed by atoms with Crippen LogP contribution in [0, 0.1) is 11.8 Å². The molecule has 9 heteroatoms. The van der Waals surface area contributed by atoms with E-state index in [-0.39, 0.29) is 23.6 Å². The molecule has 2 saturated heterocycles. The molecule has 1 aromatic heterocycles. The minimum atomic E-state index is -1.09. The number of fused-ring (bicyclic) bond motifs is 5. The first kappa shape index (κ1) is 27.5. The minimum absolute atomic E-state index is 0.0535. The van der Waals surface area contributed by atoms with Gasteiger partial charge in [-0.15, -0.1) is 0 Å². The highest BCUT2D eigenvalue weighted by atomic mass is 16.5. The summed E-state index contributed by atoms with van der Waals surface area (Å²) in [6.45, 7) is 3.84. The van der Waals surface area contributed by atoms with Crippen molar-refractivity contribution in [2.45, 2.75) is 111 Å². The zero-order valence-corrected chi connectivity index (χ0v) is 27.7. The van der Waals surface area contributed by atoms with E-state index < -0.39 is 34.2 Å². The smallest absolute Gasteiger partial charge is 0.166 e. The van der Waals surface area contributed by atoms with Gasteiger partial charge in [0.1, 0.15) is 0 Å². The van der Waals surface area contributed by atoms with Crippen LogP contribution in [0.3, 0.4) is 0 Å². The van der Waals surface area contributed by atoms with Gasteiger partial charge < -0.3 is 34.9 Å². The number of hydrogen-bond donors (Lipinski definition) is 5. The van der Waals surface area contributed by atoms with Gasteiger partial charge in [0.15, 0.2) is 35.2 Å². The monoisotopic (exact) mass is 661 g/mol. The number of aliphatic hydroxyl groups is 2. The van der Waals surface area contributed by atoms with Gasteiger partial charge in [0.05, 0.1) is 33.4 Å². The number of aromatic nitrogens is 1. The van der Waals surface area contributed by atoms with Gasteiger partial charge >= 0.3 is 0 Å². The van der Waals surface area contributed by atoms with E-state index in [0.29, 0.717) is 36.2 Å². The molecule has 9 nitrogen and oxygen atoms in total. The fraction of sp³-hybridized carbons (Fsp3) is 0.600.